The Bertz CT molecular complexity index is 441. The maximum atomic E-state index is 12.0. The molecule has 3 atom stereocenters. The summed E-state index contributed by atoms with van der Waals surface area (Å²) in [5.41, 5.74) is 11.1. The quantitative estimate of drug-likeness (QED) is 0.195. The van der Waals surface area contributed by atoms with Crippen molar-refractivity contribution in [3.63, 3.8) is 0 Å². The number of likely N-dealkylation sites (N-methyl/N-ethyl adjacent to an activating group) is 1. The van der Waals surface area contributed by atoms with Crippen LogP contribution in [0.1, 0.15) is 12.8 Å². The van der Waals surface area contributed by atoms with Gasteiger partial charge in [-0.2, -0.15) is 11.8 Å². The lowest BCUT2D eigenvalue weighted by Gasteiger charge is -2.29. The summed E-state index contributed by atoms with van der Waals surface area (Å²) in [6.07, 6.45) is -0.935. The molecule has 10 heteroatoms. The first-order valence-corrected chi connectivity index (χ1v) is 8.60. The lowest BCUT2D eigenvalue weighted by atomic mass is 10.2. The van der Waals surface area contributed by atoms with Crippen LogP contribution in [0.3, 0.4) is 0 Å². The number of carboxylic acids is 2. The van der Waals surface area contributed by atoms with Gasteiger partial charge in [0.15, 0.2) is 6.10 Å². The van der Waals surface area contributed by atoms with Crippen molar-refractivity contribution in [2.24, 2.45) is 11.5 Å². The third-order valence-electron chi connectivity index (χ3n) is 2.92. The minimum Gasteiger partial charge on any atom is -0.550 e. The number of ether oxygens (including phenoxy) is 1. The molecule has 5 N–H and O–H groups in total. The molecule has 0 rings (SSSR count). The summed E-state index contributed by atoms with van der Waals surface area (Å²) in [6, 6.07) is -1.87. The summed E-state index contributed by atoms with van der Waals surface area (Å²) in [5, 5.41) is 19.4. The van der Waals surface area contributed by atoms with Gasteiger partial charge in [-0.3, -0.25) is 9.59 Å². The first-order valence-electron chi connectivity index (χ1n) is 7.45. The Morgan fingerprint density at radius 3 is 2.25 bits per heavy atom. The first kappa shape index (κ1) is 22.6. The highest BCUT2D eigenvalue weighted by Crippen LogP contribution is 2.09. The molecule has 0 bridgehead atoms. The van der Waals surface area contributed by atoms with Gasteiger partial charge < -0.3 is 35.7 Å². The Labute approximate surface area is 145 Å². The Hall–Kier alpha value is -1.36. The Morgan fingerprint density at radius 2 is 1.79 bits per heavy atom. The van der Waals surface area contributed by atoms with Crippen molar-refractivity contribution in [2.75, 3.05) is 39.2 Å². The number of carbonyl (C=O) groups is 3. The number of nitrogens with zero attached hydrogens (tertiary/aromatic N) is 1. The molecule has 2 unspecified atom stereocenters. The summed E-state index contributed by atoms with van der Waals surface area (Å²) in [4.78, 5) is 33.3. The molecule has 0 heterocycles. The van der Waals surface area contributed by atoms with Crippen LogP contribution in [0.5, 0.6) is 0 Å². The van der Waals surface area contributed by atoms with Crippen molar-refractivity contribution >= 4 is 29.7 Å². The Morgan fingerprint density at radius 1 is 1.21 bits per heavy atom. The summed E-state index contributed by atoms with van der Waals surface area (Å²) in [7, 11) is 5.54. The fourth-order valence-electron chi connectivity index (χ4n) is 1.80. The molecular formula is C14H27N3O6S. The van der Waals surface area contributed by atoms with Gasteiger partial charge >= 0.3 is 11.9 Å². The number of nitrogens with two attached hydrogens (primary N) is 2. The molecule has 0 aliphatic carbocycles. The van der Waals surface area contributed by atoms with Gasteiger partial charge in [0.1, 0.15) is 18.6 Å². The molecule has 0 saturated carbocycles. The summed E-state index contributed by atoms with van der Waals surface area (Å²) in [6.45, 7) is 0.314. The predicted molar refractivity (Wildman–Crippen MR) is 87.9 cm³/mol. The molecule has 0 aliphatic rings. The smallest absolute Gasteiger partial charge is 0.323 e. The van der Waals surface area contributed by atoms with Crippen molar-refractivity contribution in [1.29, 1.82) is 0 Å². The normalized spacial score (nSPS) is 15.4. The molecule has 0 radical (unpaired) electrons. The van der Waals surface area contributed by atoms with Crippen LogP contribution in [0.25, 0.3) is 0 Å². The molecule has 24 heavy (non-hydrogen) atoms. The van der Waals surface area contributed by atoms with Crippen LogP contribution in [0, 0.1) is 0 Å². The Balaban J connectivity index is 4.33. The molecule has 0 aliphatic heterocycles. The minimum atomic E-state index is -1.30. The highest BCUT2D eigenvalue weighted by molar-refractivity contribution is 7.99. The van der Waals surface area contributed by atoms with E-state index in [4.69, 9.17) is 21.3 Å². The summed E-state index contributed by atoms with van der Waals surface area (Å²) < 4.78 is 5.61. The maximum absolute atomic E-state index is 12.0. The van der Waals surface area contributed by atoms with Gasteiger partial charge in [0, 0.05) is 18.1 Å². The minimum absolute atomic E-state index is 0.214. The zero-order valence-electron chi connectivity index (χ0n) is 14.3. The van der Waals surface area contributed by atoms with Crippen molar-refractivity contribution in [2.45, 2.75) is 31.0 Å². The number of esters is 1. The molecule has 0 spiro atoms. The van der Waals surface area contributed by atoms with Gasteiger partial charge in [0.25, 0.3) is 0 Å². The first-order chi connectivity index (χ1) is 10.9. The number of hydrogen-bond donors (Lipinski definition) is 3. The average Bonchev–Trinajstić information content (AvgIpc) is 2.39. The van der Waals surface area contributed by atoms with Crippen LogP contribution in [-0.2, 0) is 19.1 Å². The van der Waals surface area contributed by atoms with E-state index in [-0.39, 0.29) is 12.2 Å². The fraction of sp³-hybridized carbons (Fsp3) is 0.786. The van der Waals surface area contributed by atoms with Gasteiger partial charge in [0.05, 0.1) is 21.1 Å². The van der Waals surface area contributed by atoms with Crippen LogP contribution in [0.2, 0.25) is 0 Å². The molecule has 0 aromatic heterocycles. The SMILES string of the molecule is C[N+](C)(C)CC(CC(=O)[O-])OC(=O)[C@@H](N)CCSCC(N)C(=O)O. The highest BCUT2D eigenvalue weighted by Gasteiger charge is 2.25. The van der Waals surface area contributed by atoms with E-state index in [1.54, 1.807) is 0 Å². The largest absolute Gasteiger partial charge is 0.550 e. The van der Waals surface area contributed by atoms with E-state index in [0.717, 1.165) is 0 Å². The van der Waals surface area contributed by atoms with Crippen LogP contribution >= 0.6 is 11.8 Å². The van der Waals surface area contributed by atoms with E-state index >= 15 is 0 Å². The fourth-order valence-corrected chi connectivity index (χ4v) is 2.79. The van der Waals surface area contributed by atoms with E-state index in [2.05, 4.69) is 0 Å². The third kappa shape index (κ3) is 11.2. The molecular weight excluding hydrogens is 338 g/mol. The van der Waals surface area contributed by atoms with Crippen molar-refractivity contribution < 1.29 is 33.8 Å². The standard InChI is InChI=1S/C14H27N3O6S/c1-17(2,3)7-9(6-12(18)19)23-14(22)10(15)4-5-24-8-11(16)13(20)21/h9-11H,4-8,15-16H2,1-3H3,(H-,18,19,20,21)/t9?,10-,11?/m0/s1. The number of aliphatic carboxylic acids is 2. The lowest BCUT2D eigenvalue weighted by Crippen LogP contribution is -2.47. The van der Waals surface area contributed by atoms with Gasteiger partial charge in [-0.25, -0.2) is 0 Å². The molecule has 9 nitrogen and oxygen atoms in total. The Kier molecular flexibility index (Phi) is 9.90. The highest BCUT2D eigenvalue weighted by atomic mass is 32.2. The topological polar surface area (TPSA) is 156 Å². The van der Waals surface area contributed by atoms with Gasteiger partial charge in [-0.05, 0) is 12.2 Å². The van der Waals surface area contributed by atoms with Gasteiger partial charge in [-0.15, -0.1) is 0 Å². The molecule has 0 fully saturated rings. The van der Waals surface area contributed by atoms with E-state index in [1.807, 2.05) is 21.1 Å². The molecule has 140 valence electrons. The van der Waals surface area contributed by atoms with Gasteiger partial charge in [0.2, 0.25) is 0 Å². The van der Waals surface area contributed by atoms with E-state index in [0.29, 0.717) is 16.8 Å². The molecule has 0 aromatic rings. The van der Waals surface area contributed by atoms with Crippen LogP contribution in [-0.4, -0.2) is 84.9 Å². The second-order valence-corrected chi connectivity index (χ2v) is 7.67. The average molecular weight is 365 g/mol. The zero-order chi connectivity index (χ0) is 18.9. The zero-order valence-corrected chi connectivity index (χ0v) is 15.1. The van der Waals surface area contributed by atoms with Crippen molar-refractivity contribution in [3.05, 3.63) is 0 Å². The number of hydrogen-bond acceptors (Lipinski definition) is 8. The number of rotatable bonds is 12. The van der Waals surface area contributed by atoms with Gasteiger partial charge in [-0.1, -0.05) is 0 Å². The third-order valence-corrected chi connectivity index (χ3v) is 4.04. The molecule has 0 amide bonds. The second kappa shape index (κ2) is 10.5. The van der Waals surface area contributed by atoms with Crippen LogP contribution in [0.15, 0.2) is 0 Å². The number of carboxylic acid groups (broad SMARTS) is 2. The summed E-state index contributed by atoms with van der Waals surface area (Å²) in [5.74, 6) is -2.41. The van der Waals surface area contributed by atoms with Crippen molar-refractivity contribution in [1.82, 2.24) is 0 Å². The van der Waals surface area contributed by atoms with Crippen molar-refractivity contribution in [3.8, 4) is 0 Å². The maximum Gasteiger partial charge on any atom is 0.323 e. The molecule has 0 saturated heterocycles. The van der Waals surface area contributed by atoms with E-state index in [1.165, 1.54) is 11.8 Å². The number of thioether (sulfide) groups is 1. The second-order valence-electron chi connectivity index (χ2n) is 6.52. The predicted octanol–water partition coefficient (Wildman–Crippen LogP) is -2.39. The van der Waals surface area contributed by atoms with Crippen LogP contribution < -0.4 is 16.6 Å². The number of quaternary nitrogens is 1. The van der Waals surface area contributed by atoms with Crippen LogP contribution in [0.4, 0.5) is 0 Å². The van der Waals surface area contributed by atoms with E-state index < -0.39 is 42.5 Å². The lowest BCUT2D eigenvalue weighted by molar-refractivity contribution is -0.873. The number of carbonyl (C=O) groups excluding carboxylic acids is 2. The summed E-state index contributed by atoms with van der Waals surface area (Å²) >= 11 is 1.27. The molecule has 0 aromatic carbocycles. The monoisotopic (exact) mass is 365 g/mol. The van der Waals surface area contributed by atoms with E-state index in [9.17, 15) is 19.5 Å².